The number of hydrogen-bond acceptors (Lipinski definition) is 1. The third kappa shape index (κ3) is 1.87. The fourth-order valence-corrected chi connectivity index (χ4v) is 0.361. The molecule has 0 bridgehead atoms. The van der Waals surface area contributed by atoms with Gasteiger partial charge in [-0.3, -0.25) is 0 Å². The second-order valence-corrected chi connectivity index (χ2v) is 1.22. The zero-order valence-corrected chi connectivity index (χ0v) is 4.64. The summed E-state index contributed by atoms with van der Waals surface area (Å²) in [6.45, 7) is 1.92. The van der Waals surface area contributed by atoms with Crippen LogP contribution in [0.15, 0.2) is 22.8 Å². The van der Waals surface area contributed by atoms with Gasteiger partial charge in [-0.2, -0.15) is 0 Å². The van der Waals surface area contributed by atoms with Crippen LogP contribution in [-0.4, -0.2) is 0 Å². The average Bonchev–Trinajstić information content (AvgIpc) is 1.86. The minimum Gasteiger partial charge on any atom is -1.00 e. The zero-order valence-electron chi connectivity index (χ0n) is 5.64. The molecule has 0 radical (unpaired) electrons. The quantitative estimate of drug-likeness (QED) is 0.361. The van der Waals surface area contributed by atoms with Gasteiger partial charge in [0.1, 0.15) is 5.76 Å². The molecule has 0 aliphatic heterocycles. The van der Waals surface area contributed by atoms with E-state index >= 15 is 0 Å². The van der Waals surface area contributed by atoms with Gasteiger partial charge in [-0.25, -0.2) is 0 Å². The van der Waals surface area contributed by atoms with Crippen LogP contribution in [0.25, 0.3) is 0 Å². The van der Waals surface area contributed by atoms with Gasteiger partial charge in [0.05, 0.1) is 6.26 Å². The fraction of sp³-hybridized carbons (Fsp3) is 0.200. The van der Waals surface area contributed by atoms with Crippen molar-refractivity contribution in [3.05, 3.63) is 24.2 Å². The van der Waals surface area contributed by atoms with Gasteiger partial charge in [-0.05, 0) is 19.1 Å². The molecule has 0 spiro atoms. The summed E-state index contributed by atoms with van der Waals surface area (Å²) in [5.41, 5.74) is 0. The summed E-state index contributed by atoms with van der Waals surface area (Å²) in [5.74, 6) is 0.968. The van der Waals surface area contributed by atoms with Crippen LogP contribution in [0.1, 0.15) is 7.19 Å². The maximum Gasteiger partial charge on any atom is 1.00 e. The summed E-state index contributed by atoms with van der Waals surface area (Å²) in [4.78, 5) is 0. The first-order chi connectivity index (χ1) is 2.89. The van der Waals surface area contributed by atoms with E-state index in [0.717, 1.165) is 5.76 Å². The van der Waals surface area contributed by atoms with E-state index in [-0.39, 0.29) is 20.3 Å². The van der Waals surface area contributed by atoms with Crippen molar-refractivity contribution in [3.8, 4) is 0 Å². The van der Waals surface area contributed by atoms with Gasteiger partial charge in [0.2, 0.25) is 0 Å². The first-order valence-electron chi connectivity index (χ1n) is 1.90. The molecular formula is C5H7LiO. The van der Waals surface area contributed by atoms with Gasteiger partial charge in [0.25, 0.3) is 0 Å². The van der Waals surface area contributed by atoms with Gasteiger partial charge >= 0.3 is 18.9 Å². The summed E-state index contributed by atoms with van der Waals surface area (Å²) in [7, 11) is 0. The molecule has 0 amide bonds. The van der Waals surface area contributed by atoms with Crippen molar-refractivity contribution in [2.45, 2.75) is 6.92 Å². The van der Waals surface area contributed by atoms with E-state index in [2.05, 4.69) is 0 Å². The van der Waals surface area contributed by atoms with Crippen LogP contribution >= 0.6 is 0 Å². The maximum absolute atomic E-state index is 4.83. The van der Waals surface area contributed by atoms with Crippen LogP contribution in [0.5, 0.6) is 0 Å². The van der Waals surface area contributed by atoms with Crippen molar-refractivity contribution in [2.24, 2.45) is 0 Å². The Morgan fingerprint density at radius 1 is 1.71 bits per heavy atom. The summed E-state index contributed by atoms with van der Waals surface area (Å²) >= 11 is 0. The summed E-state index contributed by atoms with van der Waals surface area (Å²) in [5, 5.41) is 0. The average molecular weight is 90.1 g/mol. The van der Waals surface area contributed by atoms with Crippen LogP contribution in [0, 0.1) is 6.92 Å². The second kappa shape index (κ2) is 2.96. The third-order valence-corrected chi connectivity index (χ3v) is 0.663. The number of aryl methyl sites for hydroxylation is 1. The molecule has 0 saturated heterocycles. The van der Waals surface area contributed by atoms with E-state index < -0.39 is 0 Å². The maximum atomic E-state index is 4.83. The Kier molecular flexibility index (Phi) is 2.90. The molecule has 0 aliphatic carbocycles. The fourth-order valence-electron chi connectivity index (χ4n) is 0.361. The Labute approximate surface area is 56.4 Å². The van der Waals surface area contributed by atoms with Crippen molar-refractivity contribution in [3.63, 3.8) is 0 Å². The third-order valence-electron chi connectivity index (χ3n) is 0.663. The van der Waals surface area contributed by atoms with Crippen molar-refractivity contribution < 1.29 is 24.7 Å². The van der Waals surface area contributed by atoms with E-state index in [1.807, 2.05) is 19.1 Å². The van der Waals surface area contributed by atoms with E-state index in [0.29, 0.717) is 0 Å². The molecule has 0 aromatic carbocycles. The van der Waals surface area contributed by atoms with Crippen LogP contribution in [0.4, 0.5) is 0 Å². The molecule has 0 saturated carbocycles. The second-order valence-electron chi connectivity index (χ2n) is 1.22. The summed E-state index contributed by atoms with van der Waals surface area (Å²) < 4.78 is 4.83. The normalized spacial score (nSPS) is 7.57. The predicted molar refractivity (Wildman–Crippen MR) is 24.6 cm³/mol. The Morgan fingerprint density at radius 3 is 2.57 bits per heavy atom. The van der Waals surface area contributed by atoms with E-state index in [1.165, 1.54) is 0 Å². The summed E-state index contributed by atoms with van der Waals surface area (Å²) in [6, 6.07) is 3.79. The smallest absolute Gasteiger partial charge is 1.00 e. The Hall–Kier alpha value is -0.123. The van der Waals surface area contributed by atoms with Crippen molar-refractivity contribution in [1.29, 1.82) is 0 Å². The number of rotatable bonds is 0. The van der Waals surface area contributed by atoms with Gasteiger partial charge in [0.15, 0.2) is 0 Å². The van der Waals surface area contributed by atoms with E-state index in [9.17, 15) is 0 Å². The van der Waals surface area contributed by atoms with Crippen molar-refractivity contribution in [1.82, 2.24) is 0 Å². The van der Waals surface area contributed by atoms with Crippen LogP contribution < -0.4 is 18.9 Å². The Bertz CT molecular complexity index is 116. The SMILES string of the molecule is Cc1ccco1.[H-].[Li+]. The summed E-state index contributed by atoms with van der Waals surface area (Å²) in [6.07, 6.45) is 1.66. The topological polar surface area (TPSA) is 13.1 Å². The first-order valence-corrected chi connectivity index (χ1v) is 1.90. The molecule has 1 nitrogen and oxygen atoms in total. The molecule has 0 unspecified atom stereocenters. The molecule has 1 rings (SSSR count). The molecule has 0 N–H and O–H groups in total. The molecule has 2 heteroatoms. The molecule has 0 atom stereocenters. The van der Waals surface area contributed by atoms with Gasteiger partial charge in [0, 0.05) is 0 Å². The van der Waals surface area contributed by atoms with Gasteiger partial charge in [-0.1, -0.05) is 0 Å². The van der Waals surface area contributed by atoms with Gasteiger partial charge < -0.3 is 5.84 Å². The van der Waals surface area contributed by atoms with E-state index in [4.69, 9.17) is 4.42 Å². The molecule has 1 aromatic rings. The largest absolute Gasteiger partial charge is 1.00 e. The molecule has 34 valence electrons. The molecular weight excluding hydrogens is 83.0 g/mol. The van der Waals surface area contributed by atoms with Crippen molar-refractivity contribution >= 4 is 0 Å². The Morgan fingerprint density at radius 2 is 2.43 bits per heavy atom. The minimum atomic E-state index is 0. The molecule has 1 heterocycles. The number of hydrogen-bond donors (Lipinski definition) is 0. The number of furan rings is 1. The standard InChI is InChI=1S/C5H6O.Li.H/c1-5-3-2-4-6-5;;/h2-4H,1H3;;/q;+1;-1. The first kappa shape index (κ1) is 6.88. The zero-order chi connectivity index (χ0) is 4.41. The molecule has 7 heavy (non-hydrogen) atoms. The van der Waals surface area contributed by atoms with Crippen LogP contribution in [-0.2, 0) is 0 Å². The monoisotopic (exact) mass is 90.1 g/mol. The van der Waals surface area contributed by atoms with Crippen LogP contribution in [0.2, 0.25) is 0 Å². The molecule has 0 aliphatic rings. The van der Waals surface area contributed by atoms with Gasteiger partial charge in [-0.15, -0.1) is 0 Å². The molecule has 0 fully saturated rings. The van der Waals surface area contributed by atoms with Crippen LogP contribution in [0.3, 0.4) is 0 Å². The minimum absolute atomic E-state index is 0. The predicted octanol–water partition coefficient (Wildman–Crippen LogP) is -1.30. The molecule has 1 aromatic heterocycles. The Balaban J connectivity index is 0. The van der Waals surface area contributed by atoms with E-state index in [1.54, 1.807) is 6.26 Å². The van der Waals surface area contributed by atoms with Crippen molar-refractivity contribution in [2.75, 3.05) is 0 Å².